The topological polar surface area (TPSA) is 50.9 Å². The summed E-state index contributed by atoms with van der Waals surface area (Å²) in [4.78, 5) is 3.87. The predicted molar refractivity (Wildman–Crippen MR) is 45.0 cm³/mol. The van der Waals surface area contributed by atoms with Crippen molar-refractivity contribution in [1.29, 1.82) is 0 Å². The van der Waals surface area contributed by atoms with Crippen LogP contribution in [0, 0.1) is 5.82 Å². The van der Waals surface area contributed by atoms with Crippen LogP contribution in [0.3, 0.4) is 0 Å². The first-order valence-corrected chi connectivity index (χ1v) is 3.84. The first-order chi connectivity index (χ1) is 5.83. The van der Waals surface area contributed by atoms with E-state index in [0.717, 1.165) is 12.2 Å². The van der Waals surface area contributed by atoms with E-state index in [9.17, 15) is 4.39 Å². The lowest BCUT2D eigenvalue weighted by molar-refractivity contribution is 0.614. The minimum absolute atomic E-state index is 0.308. The quantitative estimate of drug-likeness (QED) is 0.636. The van der Waals surface area contributed by atoms with Crippen molar-refractivity contribution in [3.63, 3.8) is 0 Å². The number of nitrogens with zero attached hydrogens (tertiary/aromatic N) is 1. The van der Waals surface area contributed by atoms with E-state index in [1.807, 2.05) is 0 Å². The summed E-state index contributed by atoms with van der Waals surface area (Å²) in [6.07, 6.45) is 1.21. The van der Waals surface area contributed by atoms with Gasteiger partial charge in [-0.2, -0.15) is 0 Å². The lowest BCUT2D eigenvalue weighted by Crippen LogP contribution is -2.22. The maximum atomic E-state index is 12.4. The highest BCUT2D eigenvalue weighted by molar-refractivity contribution is 5.04. The van der Waals surface area contributed by atoms with Crippen molar-refractivity contribution in [3.05, 3.63) is 29.8 Å². The van der Waals surface area contributed by atoms with Crippen LogP contribution in [0.5, 0.6) is 0 Å². The zero-order valence-electron chi connectivity index (χ0n) is 6.76. The summed E-state index contributed by atoms with van der Waals surface area (Å²) in [6, 6.07) is 3.05. The van der Waals surface area contributed by atoms with Crippen LogP contribution in [0.4, 0.5) is 4.39 Å². The number of hydrogen-bond donors (Lipinski definition) is 2. The minimum Gasteiger partial charge on any atom is -0.329 e. The predicted octanol–water partition coefficient (Wildman–Crippen LogP) is 0.269. The molecule has 3 nitrogen and oxygen atoms in total. The van der Waals surface area contributed by atoms with Gasteiger partial charge in [-0.05, 0) is 12.1 Å². The standard InChI is InChI=1S/C8H12FN3/c9-7-1-2-8(12-5-7)6-11-4-3-10/h1-2,5,11H,3-4,6,10H2. The Bertz CT molecular complexity index is 222. The molecule has 66 valence electrons. The third-order valence-corrected chi connectivity index (χ3v) is 1.42. The van der Waals surface area contributed by atoms with Crippen LogP contribution in [0.1, 0.15) is 5.69 Å². The fourth-order valence-corrected chi connectivity index (χ4v) is 0.830. The van der Waals surface area contributed by atoms with Crippen LogP contribution in [-0.2, 0) is 6.54 Å². The minimum atomic E-state index is -0.308. The molecule has 12 heavy (non-hydrogen) atoms. The molecule has 0 saturated heterocycles. The van der Waals surface area contributed by atoms with Gasteiger partial charge in [-0.1, -0.05) is 0 Å². The average Bonchev–Trinajstić information content (AvgIpc) is 2.09. The van der Waals surface area contributed by atoms with E-state index >= 15 is 0 Å². The van der Waals surface area contributed by atoms with Crippen LogP contribution in [0.2, 0.25) is 0 Å². The monoisotopic (exact) mass is 169 g/mol. The average molecular weight is 169 g/mol. The summed E-state index contributed by atoms with van der Waals surface area (Å²) in [7, 11) is 0. The summed E-state index contributed by atoms with van der Waals surface area (Å²) in [5.41, 5.74) is 6.10. The van der Waals surface area contributed by atoms with Gasteiger partial charge in [0, 0.05) is 19.6 Å². The fraction of sp³-hybridized carbons (Fsp3) is 0.375. The molecule has 1 aromatic heterocycles. The summed E-state index contributed by atoms with van der Waals surface area (Å²) < 4.78 is 12.4. The Morgan fingerprint density at radius 3 is 2.92 bits per heavy atom. The Kier molecular flexibility index (Phi) is 3.63. The van der Waals surface area contributed by atoms with Gasteiger partial charge < -0.3 is 11.1 Å². The summed E-state index contributed by atoms with van der Waals surface area (Å²) >= 11 is 0. The third kappa shape index (κ3) is 2.94. The van der Waals surface area contributed by atoms with E-state index in [4.69, 9.17) is 5.73 Å². The Labute approximate surface area is 70.8 Å². The zero-order valence-corrected chi connectivity index (χ0v) is 6.76. The normalized spacial score (nSPS) is 10.2. The van der Waals surface area contributed by atoms with Gasteiger partial charge in [0.25, 0.3) is 0 Å². The number of hydrogen-bond acceptors (Lipinski definition) is 3. The molecule has 0 aliphatic rings. The van der Waals surface area contributed by atoms with E-state index in [-0.39, 0.29) is 5.82 Å². The van der Waals surface area contributed by atoms with E-state index in [1.165, 1.54) is 12.3 Å². The maximum Gasteiger partial charge on any atom is 0.141 e. The molecule has 0 amide bonds. The van der Waals surface area contributed by atoms with Crippen LogP contribution >= 0.6 is 0 Å². The molecule has 0 bridgehead atoms. The SMILES string of the molecule is NCCNCc1ccc(F)cn1. The molecule has 1 rings (SSSR count). The second-order valence-electron chi connectivity index (χ2n) is 2.43. The van der Waals surface area contributed by atoms with E-state index < -0.39 is 0 Å². The molecule has 3 N–H and O–H groups in total. The van der Waals surface area contributed by atoms with Crippen molar-refractivity contribution in [1.82, 2.24) is 10.3 Å². The Balaban J connectivity index is 2.37. The summed E-state index contributed by atoms with van der Waals surface area (Å²) in [5.74, 6) is -0.308. The van der Waals surface area contributed by atoms with Crippen molar-refractivity contribution in [2.24, 2.45) is 5.73 Å². The number of nitrogens with one attached hydrogen (secondary N) is 1. The molecule has 1 aromatic rings. The number of rotatable bonds is 4. The molecular weight excluding hydrogens is 157 g/mol. The molecule has 4 heteroatoms. The molecule has 0 atom stereocenters. The van der Waals surface area contributed by atoms with E-state index in [2.05, 4.69) is 10.3 Å². The van der Waals surface area contributed by atoms with E-state index in [1.54, 1.807) is 6.07 Å². The van der Waals surface area contributed by atoms with Crippen LogP contribution < -0.4 is 11.1 Å². The van der Waals surface area contributed by atoms with Crippen LogP contribution in [0.15, 0.2) is 18.3 Å². The smallest absolute Gasteiger partial charge is 0.141 e. The molecule has 0 saturated carbocycles. The van der Waals surface area contributed by atoms with Crippen molar-refractivity contribution >= 4 is 0 Å². The van der Waals surface area contributed by atoms with Gasteiger partial charge >= 0.3 is 0 Å². The molecule has 1 heterocycles. The van der Waals surface area contributed by atoms with Crippen LogP contribution in [0.25, 0.3) is 0 Å². The number of halogens is 1. The molecule has 0 spiro atoms. The molecular formula is C8H12FN3. The van der Waals surface area contributed by atoms with Gasteiger partial charge in [0.15, 0.2) is 0 Å². The third-order valence-electron chi connectivity index (χ3n) is 1.42. The molecule has 0 fully saturated rings. The van der Waals surface area contributed by atoms with Crippen molar-refractivity contribution < 1.29 is 4.39 Å². The molecule has 0 aromatic carbocycles. The largest absolute Gasteiger partial charge is 0.329 e. The summed E-state index contributed by atoms with van der Waals surface area (Å²) in [5, 5.41) is 3.06. The van der Waals surface area contributed by atoms with Crippen molar-refractivity contribution in [3.8, 4) is 0 Å². The van der Waals surface area contributed by atoms with Crippen LogP contribution in [-0.4, -0.2) is 18.1 Å². The first-order valence-electron chi connectivity index (χ1n) is 3.84. The lowest BCUT2D eigenvalue weighted by atomic mass is 10.3. The van der Waals surface area contributed by atoms with Gasteiger partial charge in [0.1, 0.15) is 5.82 Å². The van der Waals surface area contributed by atoms with Gasteiger partial charge in [-0.15, -0.1) is 0 Å². The van der Waals surface area contributed by atoms with Gasteiger partial charge in [-0.25, -0.2) is 4.39 Å². The summed E-state index contributed by atoms with van der Waals surface area (Å²) in [6.45, 7) is 1.98. The number of pyridine rings is 1. The second-order valence-corrected chi connectivity index (χ2v) is 2.43. The highest BCUT2D eigenvalue weighted by atomic mass is 19.1. The van der Waals surface area contributed by atoms with Crippen molar-refractivity contribution in [2.75, 3.05) is 13.1 Å². The zero-order chi connectivity index (χ0) is 8.81. The number of nitrogens with two attached hydrogens (primary N) is 1. The van der Waals surface area contributed by atoms with Crippen molar-refractivity contribution in [2.45, 2.75) is 6.54 Å². The van der Waals surface area contributed by atoms with Gasteiger partial charge in [0.2, 0.25) is 0 Å². The number of aromatic nitrogens is 1. The molecule has 0 aliphatic carbocycles. The Morgan fingerprint density at radius 2 is 2.33 bits per heavy atom. The van der Waals surface area contributed by atoms with Gasteiger partial charge in [-0.3, -0.25) is 4.98 Å². The molecule has 0 aliphatic heterocycles. The maximum absolute atomic E-state index is 12.4. The first kappa shape index (κ1) is 9.09. The molecule has 0 radical (unpaired) electrons. The molecule has 0 unspecified atom stereocenters. The Morgan fingerprint density at radius 1 is 1.50 bits per heavy atom. The fourth-order valence-electron chi connectivity index (χ4n) is 0.830. The Hall–Kier alpha value is -1.00. The second kappa shape index (κ2) is 4.79. The van der Waals surface area contributed by atoms with E-state index in [0.29, 0.717) is 13.1 Å². The van der Waals surface area contributed by atoms with Gasteiger partial charge in [0.05, 0.1) is 11.9 Å². The highest BCUT2D eigenvalue weighted by Crippen LogP contribution is 1.96. The lowest BCUT2D eigenvalue weighted by Gasteiger charge is -2.01. The highest BCUT2D eigenvalue weighted by Gasteiger charge is 1.93.